The van der Waals surface area contributed by atoms with Crippen LogP contribution in [0.1, 0.15) is 10.5 Å². The van der Waals surface area contributed by atoms with Crippen LogP contribution in [0.15, 0.2) is 27.9 Å². The third-order valence-corrected chi connectivity index (χ3v) is 7.77. The van der Waals surface area contributed by atoms with Crippen LogP contribution in [0.25, 0.3) is 0 Å². The molecule has 3 rings (SSSR count). The Morgan fingerprint density at radius 2 is 2.00 bits per heavy atom. The lowest BCUT2D eigenvalue weighted by Gasteiger charge is -2.33. The largest absolute Gasteiger partial charge is 0.335 e. The molecule has 1 aliphatic heterocycles. The van der Waals surface area contributed by atoms with Gasteiger partial charge in [-0.2, -0.15) is 9.40 Å². The molecule has 0 unspecified atom stereocenters. The lowest BCUT2D eigenvalue weighted by atomic mass is 10.3. The Bertz CT molecular complexity index is 789. The summed E-state index contributed by atoms with van der Waals surface area (Å²) in [6, 6.07) is 3.33. The van der Waals surface area contributed by atoms with E-state index in [1.807, 2.05) is 0 Å². The lowest BCUT2D eigenvalue weighted by molar-refractivity contribution is 0.0685. The number of nitrogens with zero attached hydrogens (tertiary/aromatic N) is 4. The molecule has 1 fully saturated rings. The van der Waals surface area contributed by atoms with Crippen LogP contribution >= 0.6 is 33.9 Å². The maximum atomic E-state index is 12.6. The van der Waals surface area contributed by atoms with Gasteiger partial charge in [-0.05, 0) is 34.0 Å². The topological polar surface area (TPSA) is 75.5 Å². The zero-order valence-electron chi connectivity index (χ0n) is 12.3. The predicted molar refractivity (Wildman–Crippen MR) is 94.9 cm³/mol. The third kappa shape index (κ3) is 3.16. The van der Waals surface area contributed by atoms with Gasteiger partial charge in [-0.25, -0.2) is 8.42 Å². The molecule has 124 valence electrons. The number of aromatic nitrogens is 2. The van der Waals surface area contributed by atoms with E-state index in [0.717, 1.165) is 3.57 Å². The van der Waals surface area contributed by atoms with Gasteiger partial charge in [0.25, 0.3) is 15.9 Å². The SMILES string of the molecule is Cn1ncc(I)c1C(=O)N1CCN(S(=O)(=O)c2cccs2)CC1. The van der Waals surface area contributed by atoms with E-state index in [9.17, 15) is 13.2 Å². The van der Waals surface area contributed by atoms with E-state index >= 15 is 0 Å². The van der Waals surface area contributed by atoms with Gasteiger partial charge in [0.2, 0.25) is 0 Å². The number of hydrogen-bond acceptors (Lipinski definition) is 5. The number of sulfonamides is 1. The molecular weight excluding hydrogens is 451 g/mol. The number of amides is 1. The Morgan fingerprint density at radius 1 is 1.30 bits per heavy atom. The van der Waals surface area contributed by atoms with Crippen LogP contribution in [0.3, 0.4) is 0 Å². The van der Waals surface area contributed by atoms with E-state index in [2.05, 4.69) is 27.7 Å². The molecule has 0 saturated carbocycles. The first-order valence-electron chi connectivity index (χ1n) is 6.91. The number of aryl methyl sites for hydroxylation is 1. The molecule has 23 heavy (non-hydrogen) atoms. The molecule has 1 aliphatic rings. The van der Waals surface area contributed by atoms with Crippen molar-refractivity contribution in [3.8, 4) is 0 Å². The lowest BCUT2D eigenvalue weighted by Crippen LogP contribution is -2.50. The molecule has 0 radical (unpaired) electrons. The molecule has 0 N–H and O–H groups in total. The van der Waals surface area contributed by atoms with Crippen LogP contribution in [0.5, 0.6) is 0 Å². The zero-order valence-corrected chi connectivity index (χ0v) is 16.1. The second-order valence-electron chi connectivity index (χ2n) is 5.09. The first kappa shape index (κ1) is 16.9. The van der Waals surface area contributed by atoms with E-state index in [1.165, 1.54) is 15.6 Å². The minimum Gasteiger partial charge on any atom is -0.335 e. The van der Waals surface area contributed by atoms with E-state index < -0.39 is 10.0 Å². The fourth-order valence-electron chi connectivity index (χ4n) is 2.47. The molecule has 0 aliphatic carbocycles. The highest BCUT2D eigenvalue weighted by atomic mass is 127. The zero-order chi connectivity index (χ0) is 16.6. The molecule has 7 nitrogen and oxygen atoms in total. The van der Waals surface area contributed by atoms with Crippen molar-refractivity contribution in [2.24, 2.45) is 7.05 Å². The second kappa shape index (κ2) is 6.49. The van der Waals surface area contributed by atoms with Gasteiger partial charge in [0, 0.05) is 33.2 Å². The van der Waals surface area contributed by atoms with Gasteiger partial charge in [0.05, 0.1) is 9.77 Å². The molecule has 0 spiro atoms. The number of carbonyl (C=O) groups excluding carboxylic acids is 1. The van der Waals surface area contributed by atoms with Crippen molar-refractivity contribution in [1.29, 1.82) is 0 Å². The summed E-state index contributed by atoms with van der Waals surface area (Å²) in [5, 5.41) is 5.82. The summed E-state index contributed by atoms with van der Waals surface area (Å²) >= 11 is 3.29. The summed E-state index contributed by atoms with van der Waals surface area (Å²) in [6.45, 7) is 1.37. The Hall–Kier alpha value is -0.980. The Labute approximate surface area is 152 Å². The van der Waals surface area contributed by atoms with Crippen molar-refractivity contribution in [1.82, 2.24) is 19.0 Å². The van der Waals surface area contributed by atoms with Crippen LogP contribution < -0.4 is 0 Å². The van der Waals surface area contributed by atoms with Crippen LogP contribution in [-0.4, -0.2) is 59.5 Å². The molecule has 0 atom stereocenters. The van der Waals surface area contributed by atoms with Crippen LogP contribution in [0.4, 0.5) is 0 Å². The summed E-state index contributed by atoms with van der Waals surface area (Å²) in [5.74, 6) is -0.109. The molecule has 10 heteroatoms. The molecule has 0 aromatic carbocycles. The first-order chi connectivity index (χ1) is 10.9. The van der Waals surface area contributed by atoms with Crippen LogP contribution in [0.2, 0.25) is 0 Å². The summed E-state index contributed by atoms with van der Waals surface area (Å²) in [6.07, 6.45) is 1.64. The van der Waals surface area contributed by atoms with Gasteiger partial charge in [0.1, 0.15) is 9.90 Å². The summed E-state index contributed by atoms with van der Waals surface area (Å²) in [5.41, 5.74) is 0.542. The van der Waals surface area contributed by atoms with Crippen LogP contribution in [0, 0.1) is 3.57 Å². The Morgan fingerprint density at radius 3 is 2.52 bits per heavy atom. The first-order valence-corrected chi connectivity index (χ1v) is 10.3. The average Bonchev–Trinajstić information content (AvgIpc) is 3.18. The Balaban J connectivity index is 1.71. The van der Waals surface area contributed by atoms with Gasteiger partial charge in [-0.15, -0.1) is 11.3 Å². The maximum Gasteiger partial charge on any atom is 0.273 e. The number of rotatable bonds is 3. The molecule has 2 aromatic rings. The van der Waals surface area contributed by atoms with E-state index in [4.69, 9.17) is 0 Å². The van der Waals surface area contributed by atoms with Crippen LogP contribution in [-0.2, 0) is 17.1 Å². The van der Waals surface area contributed by atoms with Gasteiger partial charge < -0.3 is 4.90 Å². The quantitative estimate of drug-likeness (QED) is 0.638. The van der Waals surface area contributed by atoms with Crippen molar-refractivity contribution in [3.63, 3.8) is 0 Å². The van der Waals surface area contributed by atoms with Gasteiger partial charge in [-0.1, -0.05) is 6.07 Å². The van der Waals surface area contributed by atoms with Crippen molar-refractivity contribution in [3.05, 3.63) is 33.0 Å². The number of piperazine rings is 1. The average molecular weight is 466 g/mol. The fraction of sp³-hybridized carbons (Fsp3) is 0.385. The van der Waals surface area contributed by atoms with Crippen molar-refractivity contribution in [2.75, 3.05) is 26.2 Å². The molecule has 1 amide bonds. The van der Waals surface area contributed by atoms with Crippen molar-refractivity contribution >= 4 is 49.9 Å². The van der Waals surface area contributed by atoms with Crippen molar-refractivity contribution < 1.29 is 13.2 Å². The highest BCUT2D eigenvalue weighted by Gasteiger charge is 2.32. The normalized spacial score (nSPS) is 16.7. The third-order valence-electron chi connectivity index (χ3n) is 3.71. The number of hydrogen-bond donors (Lipinski definition) is 0. The number of thiophene rings is 1. The van der Waals surface area contributed by atoms with E-state index in [1.54, 1.807) is 40.3 Å². The number of carbonyl (C=O) groups is 1. The van der Waals surface area contributed by atoms with E-state index in [0.29, 0.717) is 36.1 Å². The molecule has 1 saturated heterocycles. The Kier molecular flexibility index (Phi) is 4.76. The fourth-order valence-corrected chi connectivity index (χ4v) is 5.74. The molecular formula is C13H15IN4O3S2. The summed E-state index contributed by atoms with van der Waals surface area (Å²) < 4.78 is 29.1. The summed E-state index contributed by atoms with van der Waals surface area (Å²) in [4.78, 5) is 14.3. The van der Waals surface area contributed by atoms with Gasteiger partial charge in [0.15, 0.2) is 0 Å². The minimum absolute atomic E-state index is 0.109. The standard InChI is InChI=1S/C13H15IN4O3S2/c1-16-12(10(14)9-15-16)13(19)17-4-6-18(7-5-17)23(20,21)11-3-2-8-22-11/h2-3,8-9H,4-7H2,1H3. The van der Waals surface area contributed by atoms with Gasteiger partial charge >= 0.3 is 0 Å². The maximum absolute atomic E-state index is 12.6. The highest BCUT2D eigenvalue weighted by Crippen LogP contribution is 2.22. The molecule has 3 heterocycles. The monoisotopic (exact) mass is 466 g/mol. The second-order valence-corrected chi connectivity index (χ2v) is 9.37. The number of halogens is 1. The van der Waals surface area contributed by atoms with E-state index in [-0.39, 0.29) is 5.91 Å². The van der Waals surface area contributed by atoms with Crippen molar-refractivity contribution in [2.45, 2.75) is 4.21 Å². The van der Waals surface area contributed by atoms with Gasteiger partial charge in [-0.3, -0.25) is 9.48 Å². The minimum atomic E-state index is -3.44. The molecule has 0 bridgehead atoms. The predicted octanol–water partition coefficient (Wildman–Crippen LogP) is 1.23. The summed E-state index contributed by atoms with van der Waals surface area (Å²) in [7, 11) is -1.71. The smallest absolute Gasteiger partial charge is 0.273 e. The molecule has 2 aromatic heterocycles. The highest BCUT2D eigenvalue weighted by molar-refractivity contribution is 14.1.